The number of carbonyl (C=O) groups excluding carboxylic acids is 2. The van der Waals surface area contributed by atoms with Gasteiger partial charge in [0.1, 0.15) is 17.5 Å². The molecule has 3 aromatic rings. The van der Waals surface area contributed by atoms with Gasteiger partial charge in [-0.2, -0.15) is 8.78 Å². The highest BCUT2D eigenvalue weighted by atomic mass is 32.1. The van der Waals surface area contributed by atoms with Crippen molar-refractivity contribution in [3.05, 3.63) is 48.0 Å². The van der Waals surface area contributed by atoms with E-state index in [4.69, 9.17) is 4.74 Å². The SMILES string of the molecule is COc1ccc2nc(NC(=O)C3CCC(=O)N3Cc3ccc(OC(F)F)cc3)sc2c1. The molecule has 2 aromatic carbocycles. The van der Waals surface area contributed by atoms with Crippen molar-refractivity contribution in [2.24, 2.45) is 0 Å². The molecule has 0 radical (unpaired) electrons. The lowest BCUT2D eigenvalue weighted by Crippen LogP contribution is -2.41. The van der Waals surface area contributed by atoms with Crippen LogP contribution in [0.4, 0.5) is 13.9 Å². The molecule has 0 bridgehead atoms. The smallest absolute Gasteiger partial charge is 0.387 e. The van der Waals surface area contributed by atoms with Crippen molar-refractivity contribution in [3.8, 4) is 11.5 Å². The number of halogens is 2. The zero-order valence-corrected chi connectivity index (χ0v) is 17.3. The summed E-state index contributed by atoms with van der Waals surface area (Å²) in [6.07, 6.45) is 0.664. The fourth-order valence-electron chi connectivity index (χ4n) is 3.45. The summed E-state index contributed by atoms with van der Waals surface area (Å²) in [4.78, 5) is 31.1. The fourth-order valence-corrected chi connectivity index (χ4v) is 4.35. The summed E-state index contributed by atoms with van der Waals surface area (Å²) in [7, 11) is 1.58. The fraction of sp³-hybridized carbons (Fsp3) is 0.286. The molecule has 1 fully saturated rings. The highest BCUT2D eigenvalue weighted by molar-refractivity contribution is 7.22. The van der Waals surface area contributed by atoms with Gasteiger partial charge in [0.15, 0.2) is 5.13 Å². The Morgan fingerprint density at radius 1 is 1.26 bits per heavy atom. The van der Waals surface area contributed by atoms with E-state index in [0.717, 1.165) is 10.2 Å². The zero-order valence-electron chi connectivity index (χ0n) is 16.5. The van der Waals surface area contributed by atoms with Crippen LogP contribution in [0, 0.1) is 0 Å². The van der Waals surface area contributed by atoms with Gasteiger partial charge in [0, 0.05) is 13.0 Å². The molecule has 1 aliphatic heterocycles. The van der Waals surface area contributed by atoms with Gasteiger partial charge in [-0.25, -0.2) is 4.98 Å². The van der Waals surface area contributed by atoms with Crippen LogP contribution in [0.25, 0.3) is 10.2 Å². The lowest BCUT2D eigenvalue weighted by molar-refractivity contribution is -0.133. The Morgan fingerprint density at radius 2 is 2.00 bits per heavy atom. The van der Waals surface area contributed by atoms with Gasteiger partial charge in [0.25, 0.3) is 0 Å². The summed E-state index contributed by atoms with van der Waals surface area (Å²) in [6, 6.07) is 10.8. The summed E-state index contributed by atoms with van der Waals surface area (Å²) in [5.74, 6) is 0.288. The van der Waals surface area contributed by atoms with E-state index < -0.39 is 12.7 Å². The summed E-state index contributed by atoms with van der Waals surface area (Å²) in [5.41, 5.74) is 1.45. The van der Waals surface area contributed by atoms with Crippen LogP contribution < -0.4 is 14.8 Å². The van der Waals surface area contributed by atoms with Crippen LogP contribution in [-0.4, -0.2) is 41.5 Å². The molecule has 0 saturated carbocycles. The second-order valence-corrected chi connectivity index (χ2v) is 7.97. The van der Waals surface area contributed by atoms with E-state index >= 15 is 0 Å². The van der Waals surface area contributed by atoms with Crippen molar-refractivity contribution in [3.63, 3.8) is 0 Å². The van der Waals surface area contributed by atoms with Gasteiger partial charge < -0.3 is 19.7 Å². The van der Waals surface area contributed by atoms with Crippen LogP contribution in [-0.2, 0) is 16.1 Å². The van der Waals surface area contributed by atoms with Crippen LogP contribution >= 0.6 is 11.3 Å². The molecule has 0 aliphatic carbocycles. The van der Waals surface area contributed by atoms with E-state index in [1.54, 1.807) is 25.3 Å². The maximum atomic E-state index is 12.9. The summed E-state index contributed by atoms with van der Waals surface area (Å²) >= 11 is 1.32. The van der Waals surface area contributed by atoms with E-state index in [1.165, 1.54) is 28.4 Å². The first-order valence-corrected chi connectivity index (χ1v) is 10.3. The van der Waals surface area contributed by atoms with Crippen LogP contribution in [0.5, 0.6) is 11.5 Å². The lowest BCUT2D eigenvalue weighted by Gasteiger charge is -2.23. The minimum absolute atomic E-state index is 0.0354. The predicted molar refractivity (Wildman–Crippen MR) is 111 cm³/mol. The van der Waals surface area contributed by atoms with Gasteiger partial charge in [-0.1, -0.05) is 23.5 Å². The van der Waals surface area contributed by atoms with E-state index in [0.29, 0.717) is 22.9 Å². The van der Waals surface area contributed by atoms with E-state index in [2.05, 4.69) is 15.0 Å². The summed E-state index contributed by atoms with van der Waals surface area (Å²) < 4.78 is 35.0. The van der Waals surface area contributed by atoms with Crippen molar-refractivity contribution < 1.29 is 27.8 Å². The van der Waals surface area contributed by atoms with Gasteiger partial charge in [-0.05, 0) is 42.3 Å². The molecule has 31 heavy (non-hydrogen) atoms. The lowest BCUT2D eigenvalue weighted by atomic mass is 10.1. The maximum Gasteiger partial charge on any atom is 0.387 e. The van der Waals surface area contributed by atoms with Gasteiger partial charge in [0.05, 0.1) is 17.3 Å². The van der Waals surface area contributed by atoms with Crippen LogP contribution in [0.15, 0.2) is 42.5 Å². The molecule has 2 heterocycles. The normalized spacial score (nSPS) is 16.2. The Labute approximate surface area is 180 Å². The first-order valence-electron chi connectivity index (χ1n) is 9.51. The van der Waals surface area contributed by atoms with Gasteiger partial charge in [-0.3, -0.25) is 9.59 Å². The number of amides is 2. The Kier molecular flexibility index (Phi) is 5.99. The topological polar surface area (TPSA) is 80.8 Å². The number of nitrogens with zero attached hydrogens (tertiary/aromatic N) is 2. The molecule has 1 aliphatic rings. The number of hydrogen-bond acceptors (Lipinski definition) is 6. The highest BCUT2D eigenvalue weighted by Gasteiger charge is 2.36. The Hall–Kier alpha value is -3.27. The Morgan fingerprint density at radius 3 is 2.71 bits per heavy atom. The average molecular weight is 447 g/mol. The van der Waals surface area contributed by atoms with Crippen LogP contribution in [0.1, 0.15) is 18.4 Å². The molecule has 1 saturated heterocycles. The second kappa shape index (κ2) is 8.84. The van der Waals surface area contributed by atoms with E-state index in [1.807, 2.05) is 12.1 Å². The number of aromatic nitrogens is 1. The number of benzene rings is 2. The molecule has 7 nitrogen and oxygen atoms in total. The first-order chi connectivity index (χ1) is 14.9. The minimum Gasteiger partial charge on any atom is -0.497 e. The molecule has 1 aromatic heterocycles. The molecule has 4 rings (SSSR count). The number of ether oxygens (including phenoxy) is 2. The van der Waals surface area contributed by atoms with Crippen LogP contribution in [0.3, 0.4) is 0 Å². The number of methoxy groups -OCH3 is 1. The number of alkyl halides is 2. The average Bonchev–Trinajstić information content (AvgIpc) is 3.31. The number of hydrogen-bond donors (Lipinski definition) is 1. The molecule has 1 atom stereocenters. The monoisotopic (exact) mass is 447 g/mol. The number of likely N-dealkylation sites (tertiary alicyclic amines) is 1. The molecule has 1 unspecified atom stereocenters. The molecule has 162 valence electrons. The Balaban J connectivity index is 1.45. The molecule has 10 heteroatoms. The molecular formula is C21H19F2N3O4S. The third-order valence-electron chi connectivity index (χ3n) is 4.96. The molecule has 0 spiro atoms. The van der Waals surface area contributed by atoms with Crippen molar-refractivity contribution in [2.75, 3.05) is 12.4 Å². The highest BCUT2D eigenvalue weighted by Crippen LogP contribution is 2.30. The maximum absolute atomic E-state index is 12.9. The van der Waals surface area contributed by atoms with Crippen molar-refractivity contribution in [2.45, 2.75) is 32.0 Å². The summed E-state index contributed by atoms with van der Waals surface area (Å²) in [5, 5.41) is 3.25. The van der Waals surface area contributed by atoms with Crippen LogP contribution in [0.2, 0.25) is 0 Å². The quantitative estimate of drug-likeness (QED) is 0.591. The number of rotatable bonds is 7. The predicted octanol–water partition coefficient (Wildman–Crippen LogP) is 4.04. The van der Waals surface area contributed by atoms with Crippen molar-refractivity contribution in [1.29, 1.82) is 0 Å². The largest absolute Gasteiger partial charge is 0.497 e. The number of anilines is 1. The third-order valence-corrected chi connectivity index (χ3v) is 5.89. The van der Waals surface area contributed by atoms with Gasteiger partial charge in [-0.15, -0.1) is 0 Å². The van der Waals surface area contributed by atoms with Gasteiger partial charge >= 0.3 is 6.61 Å². The van der Waals surface area contributed by atoms with Gasteiger partial charge in [0.2, 0.25) is 11.8 Å². The number of carbonyl (C=O) groups is 2. The van der Waals surface area contributed by atoms with Crippen molar-refractivity contribution >= 4 is 38.5 Å². The summed E-state index contributed by atoms with van der Waals surface area (Å²) in [6.45, 7) is -2.70. The minimum atomic E-state index is -2.90. The standard InChI is InChI=1S/C21H19F2N3O4S/c1-29-14-6-7-15-17(10-14)31-21(24-15)25-19(28)16-8-9-18(27)26(16)11-12-2-4-13(5-3-12)30-20(22)23/h2-7,10,16,20H,8-9,11H2,1H3,(H,24,25,28). The molecule has 2 amide bonds. The number of thiazole rings is 1. The molecular weight excluding hydrogens is 428 g/mol. The Bertz CT molecular complexity index is 1100. The zero-order chi connectivity index (χ0) is 22.0. The van der Waals surface area contributed by atoms with Crippen molar-refractivity contribution in [1.82, 2.24) is 9.88 Å². The number of fused-ring (bicyclic) bond motifs is 1. The number of nitrogens with one attached hydrogen (secondary N) is 1. The first kappa shape index (κ1) is 21.0. The second-order valence-electron chi connectivity index (χ2n) is 6.94. The van der Waals surface area contributed by atoms with E-state index in [-0.39, 0.29) is 30.5 Å². The van der Waals surface area contributed by atoms with E-state index in [9.17, 15) is 18.4 Å². The third kappa shape index (κ3) is 4.74. The molecule has 1 N–H and O–H groups in total.